The molecule has 2 aliphatic rings. The maximum Gasteiger partial charge on any atom is 0.307 e. The maximum absolute atomic E-state index is 12.8. The SMILES string of the molecule is CC1CN(C)CCCN1C(=O)C1CCCCC1C(=O)O. The zero-order valence-corrected chi connectivity index (χ0v) is 12.5. The highest BCUT2D eigenvalue weighted by molar-refractivity contribution is 5.85. The fraction of sp³-hybridized carbons (Fsp3) is 0.867. The number of rotatable bonds is 2. The van der Waals surface area contributed by atoms with Crippen LogP contribution in [0.3, 0.4) is 0 Å². The fourth-order valence-corrected chi connectivity index (χ4v) is 3.63. The highest BCUT2D eigenvalue weighted by Gasteiger charge is 2.39. The molecule has 114 valence electrons. The molecule has 0 spiro atoms. The quantitative estimate of drug-likeness (QED) is 0.832. The average Bonchev–Trinajstić information content (AvgIpc) is 2.58. The van der Waals surface area contributed by atoms with Gasteiger partial charge in [-0.2, -0.15) is 0 Å². The third kappa shape index (κ3) is 3.32. The topological polar surface area (TPSA) is 60.9 Å². The van der Waals surface area contributed by atoms with Gasteiger partial charge >= 0.3 is 5.97 Å². The molecule has 20 heavy (non-hydrogen) atoms. The van der Waals surface area contributed by atoms with Crippen LogP contribution in [0.2, 0.25) is 0 Å². The zero-order chi connectivity index (χ0) is 14.7. The van der Waals surface area contributed by atoms with E-state index in [1.54, 1.807) is 0 Å². The van der Waals surface area contributed by atoms with Gasteiger partial charge in [0.05, 0.1) is 11.8 Å². The van der Waals surface area contributed by atoms with Gasteiger partial charge < -0.3 is 14.9 Å². The van der Waals surface area contributed by atoms with E-state index in [0.717, 1.165) is 45.3 Å². The van der Waals surface area contributed by atoms with Crippen molar-refractivity contribution in [1.29, 1.82) is 0 Å². The Hall–Kier alpha value is -1.10. The zero-order valence-electron chi connectivity index (χ0n) is 12.5. The van der Waals surface area contributed by atoms with Crippen molar-refractivity contribution >= 4 is 11.9 Å². The lowest BCUT2D eigenvalue weighted by Gasteiger charge is -2.35. The van der Waals surface area contributed by atoms with Crippen molar-refractivity contribution in [3.8, 4) is 0 Å². The van der Waals surface area contributed by atoms with E-state index >= 15 is 0 Å². The number of carboxylic acid groups (broad SMARTS) is 1. The lowest BCUT2D eigenvalue weighted by molar-refractivity contribution is -0.153. The molecule has 0 aromatic rings. The third-order valence-electron chi connectivity index (χ3n) is 4.73. The van der Waals surface area contributed by atoms with Crippen LogP contribution in [0.5, 0.6) is 0 Å². The van der Waals surface area contributed by atoms with Gasteiger partial charge in [-0.1, -0.05) is 12.8 Å². The van der Waals surface area contributed by atoms with E-state index in [1.807, 2.05) is 4.90 Å². The van der Waals surface area contributed by atoms with Crippen molar-refractivity contribution in [2.75, 3.05) is 26.7 Å². The van der Waals surface area contributed by atoms with Crippen LogP contribution in [0.4, 0.5) is 0 Å². The number of aliphatic carboxylic acids is 1. The number of nitrogens with zero attached hydrogens (tertiary/aromatic N) is 2. The highest BCUT2D eigenvalue weighted by Crippen LogP contribution is 2.32. The standard InChI is InChI=1S/C15H26N2O3/c1-11-10-16(2)8-5-9-17(11)14(18)12-6-3-4-7-13(12)15(19)20/h11-13H,3-10H2,1-2H3,(H,19,20). The van der Waals surface area contributed by atoms with Gasteiger partial charge in [-0.3, -0.25) is 9.59 Å². The lowest BCUT2D eigenvalue weighted by atomic mass is 9.78. The molecule has 0 bridgehead atoms. The summed E-state index contributed by atoms with van der Waals surface area (Å²) >= 11 is 0. The van der Waals surface area contributed by atoms with Crippen molar-refractivity contribution < 1.29 is 14.7 Å². The second-order valence-corrected chi connectivity index (χ2v) is 6.33. The van der Waals surface area contributed by atoms with Gasteiger partial charge in [0.2, 0.25) is 5.91 Å². The summed E-state index contributed by atoms with van der Waals surface area (Å²) in [6.07, 6.45) is 4.25. The first-order valence-corrected chi connectivity index (χ1v) is 7.72. The highest BCUT2D eigenvalue weighted by atomic mass is 16.4. The largest absolute Gasteiger partial charge is 0.481 e. The summed E-state index contributed by atoms with van der Waals surface area (Å²) in [5.41, 5.74) is 0. The summed E-state index contributed by atoms with van der Waals surface area (Å²) in [7, 11) is 2.07. The minimum Gasteiger partial charge on any atom is -0.481 e. The molecule has 5 heteroatoms. The number of hydrogen-bond donors (Lipinski definition) is 1. The molecule has 1 N–H and O–H groups in total. The Bertz CT molecular complexity index is 372. The molecule has 5 nitrogen and oxygen atoms in total. The predicted octanol–water partition coefficient (Wildman–Crippen LogP) is 1.43. The molecule has 1 aliphatic carbocycles. The minimum atomic E-state index is -0.803. The van der Waals surface area contributed by atoms with Gasteiger partial charge in [0.25, 0.3) is 0 Å². The Balaban J connectivity index is 2.09. The van der Waals surface area contributed by atoms with E-state index in [9.17, 15) is 14.7 Å². The second kappa shape index (κ2) is 6.57. The van der Waals surface area contributed by atoms with Crippen LogP contribution in [0.1, 0.15) is 39.0 Å². The molecule has 2 rings (SSSR count). The van der Waals surface area contributed by atoms with Crippen LogP contribution < -0.4 is 0 Å². The first-order valence-electron chi connectivity index (χ1n) is 7.72. The molecular weight excluding hydrogens is 256 g/mol. The van der Waals surface area contributed by atoms with Crippen LogP contribution >= 0.6 is 0 Å². The number of likely N-dealkylation sites (N-methyl/N-ethyl adjacent to an activating group) is 1. The van der Waals surface area contributed by atoms with Crippen LogP contribution in [0.25, 0.3) is 0 Å². The Kier molecular flexibility index (Phi) is 5.02. The number of carbonyl (C=O) groups is 2. The molecule has 0 aromatic heterocycles. The molecule has 0 radical (unpaired) electrons. The summed E-state index contributed by atoms with van der Waals surface area (Å²) < 4.78 is 0. The predicted molar refractivity (Wildman–Crippen MR) is 76.4 cm³/mol. The van der Waals surface area contributed by atoms with Crippen molar-refractivity contribution in [2.45, 2.75) is 45.1 Å². The number of amides is 1. The Labute approximate surface area is 120 Å². The average molecular weight is 282 g/mol. The Morgan fingerprint density at radius 1 is 1.05 bits per heavy atom. The molecule has 2 fully saturated rings. The maximum atomic E-state index is 12.8. The summed E-state index contributed by atoms with van der Waals surface area (Å²) in [6, 6.07) is 0.173. The van der Waals surface area contributed by atoms with E-state index in [1.165, 1.54) is 0 Å². The Morgan fingerprint density at radius 2 is 1.70 bits per heavy atom. The summed E-state index contributed by atoms with van der Waals surface area (Å²) in [4.78, 5) is 28.3. The van der Waals surface area contributed by atoms with Gasteiger partial charge in [-0.25, -0.2) is 0 Å². The molecule has 1 heterocycles. The summed E-state index contributed by atoms with van der Waals surface area (Å²) in [5, 5.41) is 9.34. The minimum absolute atomic E-state index is 0.0694. The van der Waals surface area contributed by atoms with Crippen LogP contribution in [-0.2, 0) is 9.59 Å². The number of carbonyl (C=O) groups excluding carboxylic acids is 1. The molecule has 3 unspecified atom stereocenters. The van der Waals surface area contributed by atoms with Crippen molar-refractivity contribution in [3.63, 3.8) is 0 Å². The molecule has 1 amide bonds. The van der Waals surface area contributed by atoms with Gasteiger partial charge in [0.15, 0.2) is 0 Å². The first-order chi connectivity index (χ1) is 9.50. The molecule has 0 aromatic carbocycles. The van der Waals surface area contributed by atoms with Crippen molar-refractivity contribution in [1.82, 2.24) is 9.80 Å². The van der Waals surface area contributed by atoms with Crippen molar-refractivity contribution in [2.24, 2.45) is 11.8 Å². The molecular formula is C15H26N2O3. The molecule has 3 atom stereocenters. The van der Waals surface area contributed by atoms with Gasteiger partial charge in [0, 0.05) is 19.1 Å². The monoisotopic (exact) mass is 282 g/mol. The second-order valence-electron chi connectivity index (χ2n) is 6.33. The van der Waals surface area contributed by atoms with E-state index in [-0.39, 0.29) is 17.9 Å². The number of hydrogen-bond acceptors (Lipinski definition) is 3. The van der Waals surface area contributed by atoms with Crippen LogP contribution in [0.15, 0.2) is 0 Å². The smallest absolute Gasteiger partial charge is 0.307 e. The van der Waals surface area contributed by atoms with E-state index in [2.05, 4.69) is 18.9 Å². The van der Waals surface area contributed by atoms with E-state index in [0.29, 0.717) is 6.42 Å². The number of carboxylic acids is 1. The lowest BCUT2D eigenvalue weighted by Crippen LogP contribution is -2.48. The van der Waals surface area contributed by atoms with Gasteiger partial charge in [0.1, 0.15) is 0 Å². The van der Waals surface area contributed by atoms with Crippen LogP contribution in [0, 0.1) is 11.8 Å². The molecule has 1 aliphatic heterocycles. The van der Waals surface area contributed by atoms with Crippen molar-refractivity contribution in [3.05, 3.63) is 0 Å². The van der Waals surface area contributed by atoms with Crippen LogP contribution in [-0.4, -0.2) is 59.5 Å². The summed E-state index contributed by atoms with van der Waals surface area (Å²) in [5.74, 6) is -1.53. The fourth-order valence-electron chi connectivity index (χ4n) is 3.63. The Morgan fingerprint density at radius 3 is 2.35 bits per heavy atom. The third-order valence-corrected chi connectivity index (χ3v) is 4.73. The normalized spacial score (nSPS) is 32.7. The van der Waals surface area contributed by atoms with Gasteiger partial charge in [-0.05, 0) is 39.8 Å². The van der Waals surface area contributed by atoms with Gasteiger partial charge in [-0.15, -0.1) is 0 Å². The molecule has 1 saturated heterocycles. The summed E-state index contributed by atoms with van der Waals surface area (Å²) in [6.45, 7) is 4.70. The first kappa shape index (κ1) is 15.3. The molecule has 1 saturated carbocycles. The van der Waals surface area contributed by atoms with E-state index in [4.69, 9.17) is 0 Å². The van der Waals surface area contributed by atoms with E-state index < -0.39 is 11.9 Å².